The fourth-order valence-corrected chi connectivity index (χ4v) is 3.68. The summed E-state index contributed by atoms with van der Waals surface area (Å²) in [6.07, 6.45) is 3.84. The molecule has 0 fully saturated rings. The Labute approximate surface area is 179 Å². The molecule has 1 aliphatic heterocycles. The number of carbonyl (C=O) groups excluding carboxylic acids is 1. The van der Waals surface area contributed by atoms with E-state index in [1.165, 1.54) is 6.08 Å². The van der Waals surface area contributed by atoms with Crippen molar-refractivity contribution < 1.29 is 9.90 Å². The highest BCUT2D eigenvalue weighted by Gasteiger charge is 2.32. The minimum absolute atomic E-state index is 0.193. The van der Waals surface area contributed by atoms with E-state index in [9.17, 15) is 9.90 Å². The van der Waals surface area contributed by atoms with Crippen molar-refractivity contribution in [3.63, 3.8) is 0 Å². The number of nitrogens with one attached hydrogen (secondary N) is 1. The molecule has 3 atom stereocenters. The first-order chi connectivity index (χ1) is 14.5. The van der Waals surface area contributed by atoms with Crippen LogP contribution in [0.3, 0.4) is 0 Å². The van der Waals surface area contributed by atoms with Gasteiger partial charge in [-0.1, -0.05) is 48.0 Å². The second-order valence-corrected chi connectivity index (χ2v) is 7.56. The van der Waals surface area contributed by atoms with Gasteiger partial charge in [0.15, 0.2) is 0 Å². The lowest BCUT2D eigenvalue weighted by Crippen LogP contribution is -2.44. The van der Waals surface area contributed by atoms with Gasteiger partial charge in [-0.3, -0.25) is 4.79 Å². The molecule has 0 radical (unpaired) electrons. The van der Waals surface area contributed by atoms with E-state index in [-0.39, 0.29) is 11.9 Å². The van der Waals surface area contributed by atoms with Crippen LogP contribution in [0.25, 0.3) is 0 Å². The summed E-state index contributed by atoms with van der Waals surface area (Å²) in [5.41, 5.74) is 3.46. The average molecular weight is 421 g/mol. The zero-order valence-corrected chi connectivity index (χ0v) is 17.1. The van der Waals surface area contributed by atoms with Crippen molar-refractivity contribution >= 4 is 17.5 Å². The Morgan fingerprint density at radius 3 is 2.27 bits per heavy atom. The van der Waals surface area contributed by atoms with Crippen molar-refractivity contribution in [2.75, 3.05) is 0 Å². The molecule has 0 saturated heterocycles. The Balaban J connectivity index is 1.82. The number of nitrogens with zero attached hydrogens (tertiary/aromatic N) is 3. The van der Waals surface area contributed by atoms with Crippen LogP contribution in [0.15, 0.2) is 79.1 Å². The molecule has 3 aromatic rings. The summed E-state index contributed by atoms with van der Waals surface area (Å²) in [4.78, 5) is 14.2. The smallest absolute Gasteiger partial charge is 0.247 e. The Morgan fingerprint density at radius 2 is 1.67 bits per heavy atom. The highest BCUT2D eigenvalue weighted by atomic mass is 35.5. The number of amides is 1. The number of halogens is 1. The maximum Gasteiger partial charge on any atom is 0.247 e. The van der Waals surface area contributed by atoms with Gasteiger partial charge in [0.25, 0.3) is 0 Å². The second-order valence-electron chi connectivity index (χ2n) is 7.12. The van der Waals surface area contributed by atoms with Crippen molar-refractivity contribution in [1.82, 2.24) is 20.4 Å². The van der Waals surface area contributed by atoms with Crippen LogP contribution in [0.5, 0.6) is 0 Å². The molecule has 0 aliphatic carbocycles. The molecule has 2 aromatic carbocycles. The van der Waals surface area contributed by atoms with Gasteiger partial charge in [-0.2, -0.15) is 10.2 Å². The van der Waals surface area contributed by atoms with Gasteiger partial charge in [0, 0.05) is 23.5 Å². The minimum atomic E-state index is -0.547. The quantitative estimate of drug-likeness (QED) is 0.654. The molecule has 2 N–H and O–H groups in total. The van der Waals surface area contributed by atoms with E-state index < -0.39 is 12.3 Å². The molecule has 1 aromatic heterocycles. The summed E-state index contributed by atoms with van der Waals surface area (Å²) in [6, 6.07) is 18.8. The normalized spacial score (nSPS) is 18.0. The van der Waals surface area contributed by atoms with E-state index in [4.69, 9.17) is 11.6 Å². The molecule has 152 valence electrons. The van der Waals surface area contributed by atoms with E-state index in [0.717, 1.165) is 16.7 Å². The Hall–Kier alpha value is -3.22. The molecule has 1 amide bonds. The molecular formula is C23H21ClN4O2. The summed E-state index contributed by atoms with van der Waals surface area (Å²) in [6.45, 7) is 1.73. The van der Waals surface area contributed by atoms with E-state index in [1.54, 1.807) is 25.4 Å². The summed E-state index contributed by atoms with van der Waals surface area (Å²) >= 11 is 6.12. The summed E-state index contributed by atoms with van der Waals surface area (Å²) in [7, 11) is 0. The van der Waals surface area contributed by atoms with E-state index in [1.807, 2.05) is 59.5 Å². The van der Waals surface area contributed by atoms with Gasteiger partial charge < -0.3 is 15.3 Å². The van der Waals surface area contributed by atoms with Crippen molar-refractivity contribution in [3.8, 4) is 0 Å². The van der Waals surface area contributed by atoms with Crippen LogP contribution in [0, 0.1) is 0 Å². The Bertz CT molecular complexity index is 1040. The maximum absolute atomic E-state index is 12.1. The fraction of sp³-hybridized carbons (Fsp3) is 0.174. The van der Waals surface area contributed by atoms with Gasteiger partial charge in [-0.05, 0) is 47.9 Å². The van der Waals surface area contributed by atoms with Crippen LogP contribution < -0.4 is 5.32 Å². The molecule has 30 heavy (non-hydrogen) atoms. The molecule has 0 saturated carbocycles. The predicted octanol–water partition coefficient (Wildman–Crippen LogP) is 3.92. The van der Waals surface area contributed by atoms with Crippen molar-refractivity contribution in [2.45, 2.75) is 25.2 Å². The molecule has 4 rings (SSSR count). The van der Waals surface area contributed by atoms with Gasteiger partial charge in [-0.25, -0.2) is 0 Å². The summed E-state index contributed by atoms with van der Waals surface area (Å²) in [5, 5.41) is 21.7. The Kier molecular flexibility index (Phi) is 5.79. The number of hydrogen-bond acceptors (Lipinski definition) is 5. The zero-order valence-electron chi connectivity index (χ0n) is 16.3. The van der Waals surface area contributed by atoms with Crippen LogP contribution in [-0.2, 0) is 4.79 Å². The predicted molar refractivity (Wildman–Crippen MR) is 114 cm³/mol. The second kappa shape index (κ2) is 8.65. The third-order valence-corrected chi connectivity index (χ3v) is 5.32. The van der Waals surface area contributed by atoms with Gasteiger partial charge in [0.2, 0.25) is 5.91 Å². The van der Waals surface area contributed by atoms with E-state index in [0.29, 0.717) is 10.7 Å². The monoisotopic (exact) mass is 420 g/mol. The van der Waals surface area contributed by atoms with E-state index >= 15 is 0 Å². The first-order valence-corrected chi connectivity index (χ1v) is 9.98. The van der Waals surface area contributed by atoms with Crippen molar-refractivity contribution in [1.29, 1.82) is 0 Å². The van der Waals surface area contributed by atoms with Gasteiger partial charge in [0.05, 0.1) is 12.1 Å². The lowest BCUT2D eigenvalue weighted by atomic mass is 9.94. The Morgan fingerprint density at radius 1 is 1.03 bits per heavy atom. The lowest BCUT2D eigenvalue weighted by Gasteiger charge is -2.39. The standard InChI is InChI=1S/C23H21ClN4O2/c1-15(29)16-4-6-17(7-5-16)22(18-8-10-19(24)11-9-18)28-14-12-21(30)26-23(28)20-3-2-13-25-27-20/h2-15,22-23,29H,1H3,(H,26,30). The number of hydrogen-bond donors (Lipinski definition) is 2. The van der Waals surface area contributed by atoms with Gasteiger partial charge in [-0.15, -0.1) is 0 Å². The third-order valence-electron chi connectivity index (χ3n) is 5.07. The van der Waals surface area contributed by atoms with Crippen molar-refractivity contribution in [3.05, 3.63) is 107 Å². The fourth-order valence-electron chi connectivity index (χ4n) is 3.56. The van der Waals surface area contributed by atoms with Crippen LogP contribution in [-0.4, -0.2) is 26.1 Å². The molecule has 6 nitrogen and oxygen atoms in total. The number of aliphatic hydroxyl groups excluding tert-OH is 1. The van der Waals surface area contributed by atoms with E-state index in [2.05, 4.69) is 15.5 Å². The molecule has 3 unspecified atom stereocenters. The van der Waals surface area contributed by atoms with Crippen LogP contribution in [0.2, 0.25) is 5.02 Å². The van der Waals surface area contributed by atoms with Gasteiger partial charge in [0.1, 0.15) is 11.9 Å². The average Bonchev–Trinajstić information content (AvgIpc) is 2.77. The van der Waals surface area contributed by atoms with Crippen LogP contribution in [0.1, 0.15) is 47.6 Å². The summed E-state index contributed by atoms with van der Waals surface area (Å²) in [5.74, 6) is -0.193. The highest BCUT2D eigenvalue weighted by Crippen LogP contribution is 2.36. The lowest BCUT2D eigenvalue weighted by molar-refractivity contribution is -0.119. The topological polar surface area (TPSA) is 78.4 Å². The number of benzene rings is 2. The minimum Gasteiger partial charge on any atom is -0.389 e. The summed E-state index contributed by atoms with van der Waals surface area (Å²) < 4.78 is 0. The largest absolute Gasteiger partial charge is 0.389 e. The first-order valence-electron chi connectivity index (χ1n) is 9.60. The van der Waals surface area contributed by atoms with Crippen LogP contribution >= 0.6 is 11.6 Å². The van der Waals surface area contributed by atoms with Gasteiger partial charge >= 0.3 is 0 Å². The van der Waals surface area contributed by atoms with Crippen molar-refractivity contribution in [2.24, 2.45) is 0 Å². The number of carbonyl (C=O) groups is 1. The molecule has 1 aliphatic rings. The zero-order chi connectivity index (χ0) is 21.1. The molecule has 0 bridgehead atoms. The molecule has 7 heteroatoms. The highest BCUT2D eigenvalue weighted by molar-refractivity contribution is 6.30. The third kappa shape index (κ3) is 4.20. The number of aliphatic hydroxyl groups is 1. The number of rotatable bonds is 5. The maximum atomic E-state index is 12.1. The SMILES string of the molecule is CC(O)c1ccc(C(c2ccc(Cl)cc2)N2C=CC(=O)NC2c2cccnn2)cc1. The molecule has 0 spiro atoms. The first kappa shape index (κ1) is 20.1. The number of aromatic nitrogens is 2. The van der Waals surface area contributed by atoms with Crippen LogP contribution in [0.4, 0.5) is 0 Å². The molecule has 2 heterocycles. The molecular weight excluding hydrogens is 400 g/mol.